The van der Waals surface area contributed by atoms with Crippen LogP contribution in [-0.2, 0) is 6.42 Å². The summed E-state index contributed by atoms with van der Waals surface area (Å²) in [6.07, 6.45) is 0.858. The average molecular weight is 193 g/mol. The van der Waals surface area contributed by atoms with Gasteiger partial charge in [0.05, 0.1) is 11.6 Å². The van der Waals surface area contributed by atoms with Crippen molar-refractivity contribution in [1.82, 2.24) is 0 Å². The molecule has 1 aliphatic rings. The molecule has 1 aliphatic heterocycles. The molecule has 68 valence electrons. The second-order valence-electron chi connectivity index (χ2n) is 2.98. The molecular formula is C10H11NOS. The lowest BCUT2D eigenvalue weighted by molar-refractivity contribution is 0.340. The van der Waals surface area contributed by atoms with Crippen molar-refractivity contribution >= 4 is 22.9 Å². The highest BCUT2D eigenvalue weighted by Gasteiger charge is 2.14. The van der Waals surface area contributed by atoms with Crippen LogP contribution in [0.1, 0.15) is 12.5 Å². The number of anilines is 1. The van der Waals surface area contributed by atoms with Crippen molar-refractivity contribution in [2.24, 2.45) is 0 Å². The summed E-state index contributed by atoms with van der Waals surface area (Å²) in [5.41, 5.74) is 2.35. The second kappa shape index (κ2) is 3.34. The first-order chi connectivity index (χ1) is 6.29. The molecule has 1 aromatic carbocycles. The molecule has 0 amide bonds. The van der Waals surface area contributed by atoms with Crippen LogP contribution in [0.4, 0.5) is 5.69 Å². The summed E-state index contributed by atoms with van der Waals surface area (Å²) in [7, 11) is 0. The van der Waals surface area contributed by atoms with Crippen molar-refractivity contribution < 1.29 is 4.74 Å². The van der Waals surface area contributed by atoms with Crippen molar-refractivity contribution in [3.05, 3.63) is 23.8 Å². The van der Waals surface area contributed by atoms with E-state index in [9.17, 15) is 0 Å². The van der Waals surface area contributed by atoms with Gasteiger partial charge in [0.25, 0.3) is 0 Å². The van der Waals surface area contributed by atoms with Crippen LogP contribution in [0, 0.1) is 0 Å². The lowest BCUT2D eigenvalue weighted by Gasteiger charge is -2.04. The number of fused-ring (bicyclic) bond motifs is 1. The number of thiocarbonyl (C=S) groups is 1. The monoisotopic (exact) mass is 193 g/mol. The fourth-order valence-corrected chi connectivity index (χ4v) is 1.72. The van der Waals surface area contributed by atoms with E-state index in [1.54, 1.807) is 0 Å². The minimum absolute atomic E-state index is 0.698. The first kappa shape index (κ1) is 8.51. The second-order valence-corrected chi connectivity index (χ2v) is 3.47. The Labute approximate surface area is 82.9 Å². The van der Waals surface area contributed by atoms with Crippen LogP contribution in [0.15, 0.2) is 18.2 Å². The molecule has 0 fully saturated rings. The molecule has 0 atom stereocenters. The number of hydrogen-bond acceptors (Lipinski definition) is 2. The van der Waals surface area contributed by atoms with Crippen molar-refractivity contribution in [1.29, 1.82) is 0 Å². The van der Waals surface area contributed by atoms with Crippen LogP contribution in [0.5, 0.6) is 5.75 Å². The van der Waals surface area contributed by atoms with E-state index < -0.39 is 0 Å². The van der Waals surface area contributed by atoms with Crippen molar-refractivity contribution in [2.75, 3.05) is 11.9 Å². The van der Waals surface area contributed by atoms with Crippen LogP contribution in [0.2, 0.25) is 0 Å². The fourth-order valence-electron chi connectivity index (χ4n) is 1.45. The predicted octanol–water partition coefficient (Wildman–Crippen LogP) is 2.38. The molecule has 2 rings (SSSR count). The van der Waals surface area contributed by atoms with Gasteiger partial charge in [-0.2, -0.15) is 0 Å². The van der Waals surface area contributed by atoms with E-state index >= 15 is 0 Å². The van der Waals surface area contributed by atoms with E-state index in [1.807, 2.05) is 19.1 Å². The predicted molar refractivity (Wildman–Crippen MR) is 57.5 cm³/mol. The zero-order valence-electron chi connectivity index (χ0n) is 7.46. The quantitative estimate of drug-likeness (QED) is 0.729. The van der Waals surface area contributed by atoms with Gasteiger partial charge in [-0.25, -0.2) is 0 Å². The first-order valence-electron chi connectivity index (χ1n) is 4.35. The van der Waals surface area contributed by atoms with Gasteiger partial charge in [0.1, 0.15) is 5.75 Å². The van der Waals surface area contributed by atoms with E-state index in [4.69, 9.17) is 17.0 Å². The van der Waals surface area contributed by atoms with Crippen LogP contribution in [-0.4, -0.2) is 11.6 Å². The molecule has 3 heteroatoms. The van der Waals surface area contributed by atoms with Crippen LogP contribution in [0.25, 0.3) is 0 Å². The van der Waals surface area contributed by atoms with Crippen molar-refractivity contribution in [2.45, 2.75) is 13.3 Å². The normalized spacial score (nSPS) is 13.8. The highest BCUT2D eigenvalue weighted by molar-refractivity contribution is 7.80. The Morgan fingerprint density at radius 3 is 3.15 bits per heavy atom. The molecule has 0 spiro atoms. The third-order valence-electron chi connectivity index (χ3n) is 2.02. The zero-order chi connectivity index (χ0) is 9.26. The lowest BCUT2D eigenvalue weighted by Crippen LogP contribution is -2.00. The molecule has 0 unspecified atom stereocenters. The summed E-state index contributed by atoms with van der Waals surface area (Å²) in [5.74, 6) is 0.901. The van der Waals surface area contributed by atoms with Gasteiger partial charge in [-0.3, -0.25) is 0 Å². The summed E-state index contributed by atoms with van der Waals surface area (Å²) in [5, 5.41) is 3.15. The summed E-state index contributed by atoms with van der Waals surface area (Å²) in [6.45, 7) is 2.68. The minimum atomic E-state index is 0.698. The minimum Gasteiger partial charge on any atom is -0.494 e. The molecule has 0 saturated heterocycles. The molecule has 0 radical (unpaired) electrons. The number of hydrogen-bond donors (Lipinski definition) is 1. The summed E-state index contributed by atoms with van der Waals surface area (Å²) in [4.78, 5) is 0.892. The van der Waals surface area contributed by atoms with Crippen molar-refractivity contribution in [3.63, 3.8) is 0 Å². The Hall–Kier alpha value is -1.09. The molecule has 0 bridgehead atoms. The highest BCUT2D eigenvalue weighted by atomic mass is 32.1. The van der Waals surface area contributed by atoms with Gasteiger partial charge < -0.3 is 10.1 Å². The molecule has 1 heterocycles. The summed E-state index contributed by atoms with van der Waals surface area (Å²) < 4.78 is 5.38. The molecule has 2 nitrogen and oxygen atoms in total. The van der Waals surface area contributed by atoms with Gasteiger partial charge in [-0.05, 0) is 18.6 Å². The molecular weight excluding hydrogens is 182 g/mol. The Kier molecular flexibility index (Phi) is 2.19. The van der Waals surface area contributed by atoms with E-state index in [1.165, 1.54) is 5.56 Å². The van der Waals surface area contributed by atoms with E-state index in [0.717, 1.165) is 22.8 Å². The molecule has 1 aromatic rings. The third-order valence-corrected chi connectivity index (χ3v) is 2.26. The van der Waals surface area contributed by atoms with E-state index in [2.05, 4.69) is 11.4 Å². The zero-order valence-corrected chi connectivity index (χ0v) is 8.28. The van der Waals surface area contributed by atoms with Crippen molar-refractivity contribution in [3.8, 4) is 5.75 Å². The molecule has 13 heavy (non-hydrogen) atoms. The maximum absolute atomic E-state index is 5.38. The maximum Gasteiger partial charge on any atom is 0.121 e. The first-order valence-corrected chi connectivity index (χ1v) is 4.76. The number of ether oxygens (including phenoxy) is 1. The van der Waals surface area contributed by atoms with Gasteiger partial charge in [0, 0.05) is 18.2 Å². The molecule has 0 aliphatic carbocycles. The lowest BCUT2D eigenvalue weighted by atomic mass is 10.1. The van der Waals surface area contributed by atoms with Gasteiger partial charge in [0.2, 0.25) is 0 Å². The fraction of sp³-hybridized carbons (Fsp3) is 0.300. The molecule has 0 saturated carbocycles. The topological polar surface area (TPSA) is 21.3 Å². The Balaban J connectivity index is 2.29. The smallest absolute Gasteiger partial charge is 0.121 e. The third kappa shape index (κ3) is 1.65. The van der Waals surface area contributed by atoms with E-state index in [-0.39, 0.29) is 0 Å². The summed E-state index contributed by atoms with van der Waals surface area (Å²) in [6, 6.07) is 6.04. The van der Waals surface area contributed by atoms with Gasteiger partial charge in [0.15, 0.2) is 0 Å². The van der Waals surface area contributed by atoms with Crippen LogP contribution < -0.4 is 10.1 Å². The Bertz CT molecular complexity index is 349. The maximum atomic E-state index is 5.38. The standard InChI is InChI=1S/C10H11NOS/c1-2-12-8-4-3-7-5-10(13)11-9(7)6-8/h3-4,6H,2,5H2,1H3,(H,11,13). The van der Waals surface area contributed by atoms with Gasteiger partial charge in [-0.15, -0.1) is 0 Å². The van der Waals surface area contributed by atoms with Crippen LogP contribution >= 0.6 is 12.2 Å². The Morgan fingerprint density at radius 1 is 1.54 bits per heavy atom. The number of nitrogens with one attached hydrogen (secondary N) is 1. The number of rotatable bonds is 2. The SMILES string of the molecule is CCOc1ccc2c(c1)NC(=S)C2. The summed E-state index contributed by atoms with van der Waals surface area (Å²) >= 11 is 5.08. The molecule has 1 N–H and O–H groups in total. The van der Waals surface area contributed by atoms with Gasteiger partial charge in [-0.1, -0.05) is 18.3 Å². The molecule has 0 aromatic heterocycles. The highest BCUT2D eigenvalue weighted by Crippen LogP contribution is 2.27. The van der Waals surface area contributed by atoms with E-state index in [0.29, 0.717) is 6.61 Å². The number of benzene rings is 1. The average Bonchev–Trinajstić information content (AvgIpc) is 2.44. The Morgan fingerprint density at radius 2 is 2.38 bits per heavy atom. The van der Waals surface area contributed by atoms with Gasteiger partial charge >= 0.3 is 0 Å². The van der Waals surface area contributed by atoms with Crippen LogP contribution in [0.3, 0.4) is 0 Å². The largest absolute Gasteiger partial charge is 0.494 e.